The van der Waals surface area contributed by atoms with Crippen LogP contribution in [0.3, 0.4) is 0 Å². The van der Waals surface area contributed by atoms with E-state index in [1.54, 1.807) is 17.4 Å². The summed E-state index contributed by atoms with van der Waals surface area (Å²) in [6, 6.07) is 6.70. The fourth-order valence-electron chi connectivity index (χ4n) is 4.49. The molecule has 0 spiro atoms. The zero-order valence-electron chi connectivity index (χ0n) is 16.7. The van der Waals surface area contributed by atoms with Crippen LogP contribution in [-0.4, -0.2) is 43.2 Å². The molecule has 1 aromatic carbocycles. The predicted molar refractivity (Wildman–Crippen MR) is 121 cm³/mol. The number of hydrogen-bond acceptors (Lipinski definition) is 4. The summed E-state index contributed by atoms with van der Waals surface area (Å²) in [6.07, 6.45) is 2.81. The molecule has 1 aromatic heterocycles. The molecule has 9 heteroatoms. The van der Waals surface area contributed by atoms with Gasteiger partial charge in [0.15, 0.2) is 0 Å². The number of carbonyl (C=O) groups excluding carboxylic acids is 1. The highest BCUT2D eigenvalue weighted by Gasteiger charge is 2.38. The molecule has 5 nitrogen and oxygen atoms in total. The average molecular weight is 487 g/mol. The van der Waals surface area contributed by atoms with Crippen LogP contribution in [0, 0.1) is 5.92 Å². The number of thiophene rings is 1. The van der Waals surface area contributed by atoms with Crippen LogP contribution in [0.4, 0.5) is 0 Å². The van der Waals surface area contributed by atoms with Gasteiger partial charge in [0.25, 0.3) is 0 Å². The van der Waals surface area contributed by atoms with Gasteiger partial charge >= 0.3 is 0 Å². The third kappa shape index (κ3) is 4.02. The molecular formula is C21H24Cl2N2O3S2. The Hall–Kier alpha value is -1.12. The molecule has 0 aliphatic carbocycles. The van der Waals surface area contributed by atoms with Crippen molar-refractivity contribution in [3.8, 4) is 0 Å². The van der Waals surface area contributed by atoms with Crippen molar-refractivity contribution in [3.63, 3.8) is 0 Å². The minimum absolute atomic E-state index is 0.0218. The molecule has 2 aromatic rings. The smallest absolute Gasteiger partial charge is 0.244 e. The van der Waals surface area contributed by atoms with Gasteiger partial charge in [-0.1, -0.05) is 30.1 Å². The van der Waals surface area contributed by atoms with Gasteiger partial charge < -0.3 is 4.90 Å². The quantitative estimate of drug-likeness (QED) is 0.611. The molecule has 0 bridgehead atoms. The summed E-state index contributed by atoms with van der Waals surface area (Å²) in [7, 11) is -3.74. The molecule has 30 heavy (non-hydrogen) atoms. The van der Waals surface area contributed by atoms with E-state index in [1.165, 1.54) is 26.9 Å². The van der Waals surface area contributed by atoms with E-state index in [2.05, 4.69) is 18.4 Å². The number of rotatable bonds is 4. The molecule has 0 N–H and O–H groups in total. The minimum atomic E-state index is -3.74. The molecule has 4 rings (SSSR count). The molecule has 162 valence electrons. The Labute approximate surface area is 191 Å². The first kappa shape index (κ1) is 22.1. The van der Waals surface area contributed by atoms with Crippen molar-refractivity contribution in [1.29, 1.82) is 0 Å². The second-order valence-corrected chi connectivity index (χ2v) is 11.5. The van der Waals surface area contributed by atoms with Crippen molar-refractivity contribution in [3.05, 3.63) is 50.1 Å². The van der Waals surface area contributed by atoms with E-state index in [1.807, 2.05) is 4.90 Å². The third-order valence-corrected chi connectivity index (χ3v) is 9.69. The van der Waals surface area contributed by atoms with Gasteiger partial charge in [0, 0.05) is 35.5 Å². The third-order valence-electron chi connectivity index (χ3n) is 6.08. The maximum atomic E-state index is 13.3. The normalized spacial score (nSPS) is 20.9. The zero-order chi connectivity index (χ0) is 21.5. The summed E-state index contributed by atoms with van der Waals surface area (Å²) >= 11 is 13.9. The van der Waals surface area contributed by atoms with Crippen LogP contribution < -0.4 is 0 Å². The Morgan fingerprint density at radius 2 is 1.90 bits per heavy atom. The van der Waals surface area contributed by atoms with Crippen LogP contribution >= 0.6 is 34.5 Å². The fraction of sp³-hybridized carbons (Fsp3) is 0.476. The van der Waals surface area contributed by atoms with Crippen LogP contribution in [0.15, 0.2) is 34.5 Å². The van der Waals surface area contributed by atoms with Gasteiger partial charge in [-0.3, -0.25) is 4.79 Å². The molecule has 1 amide bonds. The number of carbonyl (C=O) groups is 1. The maximum Gasteiger partial charge on any atom is 0.244 e. The van der Waals surface area contributed by atoms with Gasteiger partial charge in [0.05, 0.1) is 11.1 Å². The van der Waals surface area contributed by atoms with Crippen molar-refractivity contribution in [2.45, 2.75) is 43.5 Å². The number of sulfonamides is 1. The Balaban J connectivity index is 1.46. The number of hydrogen-bond donors (Lipinski definition) is 0. The number of piperidine rings is 1. The topological polar surface area (TPSA) is 57.7 Å². The number of halogens is 2. The first-order chi connectivity index (χ1) is 14.3. The van der Waals surface area contributed by atoms with E-state index in [9.17, 15) is 13.2 Å². The van der Waals surface area contributed by atoms with Gasteiger partial charge in [-0.2, -0.15) is 4.31 Å². The van der Waals surface area contributed by atoms with E-state index in [-0.39, 0.29) is 27.8 Å². The van der Waals surface area contributed by atoms with Gasteiger partial charge in [0.2, 0.25) is 15.9 Å². The molecule has 3 heterocycles. The van der Waals surface area contributed by atoms with Crippen LogP contribution in [-0.2, 0) is 21.2 Å². The Bertz CT molecular complexity index is 1050. The summed E-state index contributed by atoms with van der Waals surface area (Å²) in [5, 5.41) is 2.58. The number of nitrogens with zero attached hydrogens (tertiary/aromatic N) is 2. The SMILES string of the molecule is CC[C@H]1c2ccsc2CCN1C(=O)C1CCN(S(=O)(=O)c2cc(Cl)ccc2Cl)CC1. The average Bonchev–Trinajstić information content (AvgIpc) is 3.23. The van der Waals surface area contributed by atoms with E-state index in [0.717, 1.165) is 19.4 Å². The van der Waals surface area contributed by atoms with Gasteiger partial charge in [-0.15, -0.1) is 11.3 Å². The zero-order valence-corrected chi connectivity index (χ0v) is 19.8. The lowest BCUT2D eigenvalue weighted by atomic mass is 9.92. The van der Waals surface area contributed by atoms with Gasteiger partial charge in [-0.25, -0.2) is 8.42 Å². The molecule has 0 unspecified atom stereocenters. The highest BCUT2D eigenvalue weighted by molar-refractivity contribution is 7.89. The van der Waals surface area contributed by atoms with Gasteiger partial charge in [0.1, 0.15) is 4.90 Å². The lowest BCUT2D eigenvalue weighted by Crippen LogP contribution is -2.47. The predicted octanol–water partition coefficient (Wildman–Crippen LogP) is 4.99. The number of amides is 1. The summed E-state index contributed by atoms with van der Waals surface area (Å²) in [4.78, 5) is 16.7. The Morgan fingerprint density at radius 1 is 1.17 bits per heavy atom. The molecule has 1 atom stereocenters. The molecule has 0 radical (unpaired) electrons. The van der Waals surface area contributed by atoms with Crippen LogP contribution in [0.5, 0.6) is 0 Å². The van der Waals surface area contributed by atoms with Crippen molar-refractivity contribution < 1.29 is 13.2 Å². The van der Waals surface area contributed by atoms with Crippen molar-refractivity contribution in [2.24, 2.45) is 5.92 Å². The van der Waals surface area contributed by atoms with Crippen LogP contribution in [0.2, 0.25) is 10.0 Å². The number of benzene rings is 1. The highest BCUT2D eigenvalue weighted by atomic mass is 35.5. The summed E-state index contributed by atoms with van der Waals surface area (Å²) in [5.74, 6) is -0.00273. The van der Waals surface area contributed by atoms with Crippen LogP contribution in [0.25, 0.3) is 0 Å². The van der Waals surface area contributed by atoms with Crippen molar-refractivity contribution >= 4 is 50.5 Å². The first-order valence-corrected chi connectivity index (χ1v) is 13.2. The minimum Gasteiger partial charge on any atom is -0.335 e. The monoisotopic (exact) mass is 486 g/mol. The molecular weight excluding hydrogens is 463 g/mol. The lowest BCUT2D eigenvalue weighted by Gasteiger charge is -2.39. The Kier molecular flexibility index (Phi) is 6.47. The molecule has 1 fully saturated rings. The summed E-state index contributed by atoms with van der Waals surface area (Å²) < 4.78 is 27.5. The first-order valence-electron chi connectivity index (χ1n) is 10.1. The van der Waals surface area contributed by atoms with E-state index in [0.29, 0.717) is 31.0 Å². The maximum absolute atomic E-state index is 13.3. The summed E-state index contributed by atoms with van der Waals surface area (Å²) in [5.41, 5.74) is 1.28. The largest absolute Gasteiger partial charge is 0.335 e. The Morgan fingerprint density at radius 3 is 2.60 bits per heavy atom. The standard InChI is InChI=1S/C21H24Cl2N2O3S2/c1-2-18-16-8-12-29-19(16)7-11-25(18)21(26)14-5-9-24(10-6-14)30(27,28)20-13-15(22)3-4-17(20)23/h3-4,8,12-14,18H,2,5-7,9-11H2,1H3/t18-/m0/s1. The van der Waals surface area contributed by atoms with Crippen molar-refractivity contribution in [1.82, 2.24) is 9.21 Å². The molecule has 0 saturated carbocycles. The van der Waals surface area contributed by atoms with Crippen molar-refractivity contribution in [2.75, 3.05) is 19.6 Å². The lowest BCUT2D eigenvalue weighted by molar-refractivity contribution is -0.139. The van der Waals surface area contributed by atoms with E-state index < -0.39 is 10.0 Å². The van der Waals surface area contributed by atoms with Gasteiger partial charge in [-0.05, 0) is 60.9 Å². The number of fused-ring (bicyclic) bond motifs is 1. The molecule has 1 saturated heterocycles. The fourth-order valence-corrected chi connectivity index (χ4v) is 7.63. The second-order valence-electron chi connectivity index (χ2n) is 7.76. The molecule has 2 aliphatic rings. The highest BCUT2D eigenvalue weighted by Crippen LogP contribution is 2.37. The van der Waals surface area contributed by atoms with E-state index in [4.69, 9.17) is 23.2 Å². The van der Waals surface area contributed by atoms with E-state index >= 15 is 0 Å². The van der Waals surface area contributed by atoms with Crippen LogP contribution in [0.1, 0.15) is 42.7 Å². The summed E-state index contributed by atoms with van der Waals surface area (Å²) in [6.45, 7) is 3.45. The molecule has 2 aliphatic heterocycles. The second kappa shape index (κ2) is 8.79.